The Labute approximate surface area is 144 Å². The van der Waals surface area contributed by atoms with Crippen LogP contribution in [0.25, 0.3) is 0 Å². The number of imidazole rings is 1. The van der Waals surface area contributed by atoms with Crippen molar-refractivity contribution in [3.05, 3.63) is 48.5 Å². The van der Waals surface area contributed by atoms with Gasteiger partial charge in [-0.1, -0.05) is 12.1 Å². The summed E-state index contributed by atoms with van der Waals surface area (Å²) in [6, 6.07) is 4.82. The van der Waals surface area contributed by atoms with Gasteiger partial charge in [0.05, 0.1) is 17.6 Å². The molecule has 2 rings (SSSR count). The van der Waals surface area contributed by atoms with Crippen LogP contribution in [0.2, 0.25) is 0 Å². The summed E-state index contributed by atoms with van der Waals surface area (Å²) in [5.74, 6) is -0.452. The Morgan fingerprint density at radius 1 is 1.32 bits per heavy atom. The molecule has 0 bridgehead atoms. The van der Waals surface area contributed by atoms with E-state index in [0.717, 1.165) is 19.0 Å². The lowest BCUT2D eigenvalue weighted by molar-refractivity contribution is -0.137. The molecule has 0 radical (unpaired) electrons. The van der Waals surface area contributed by atoms with E-state index in [-0.39, 0.29) is 18.2 Å². The second-order valence-corrected chi connectivity index (χ2v) is 5.80. The zero-order valence-corrected chi connectivity index (χ0v) is 13.9. The first-order valence-corrected chi connectivity index (χ1v) is 8.01. The number of hydrogen-bond donors (Lipinski definition) is 2. The van der Waals surface area contributed by atoms with Crippen LogP contribution in [0.1, 0.15) is 25.3 Å². The van der Waals surface area contributed by atoms with E-state index in [1.54, 1.807) is 12.5 Å². The highest BCUT2D eigenvalue weighted by Gasteiger charge is 2.33. The number of hydrogen-bond acceptors (Lipinski definition) is 3. The number of alkyl halides is 3. The van der Waals surface area contributed by atoms with Crippen molar-refractivity contribution in [3.63, 3.8) is 0 Å². The highest BCUT2D eigenvalue weighted by molar-refractivity contribution is 5.92. The van der Waals surface area contributed by atoms with Crippen molar-refractivity contribution < 1.29 is 18.0 Å². The first kappa shape index (κ1) is 19.0. The first-order valence-electron chi connectivity index (χ1n) is 8.01. The SMILES string of the molecule is CC(CC(=O)Nc1ccccc1C(F)(F)F)NCCCn1ccnc1. The fraction of sp³-hybridized carbons (Fsp3) is 0.412. The van der Waals surface area contributed by atoms with Crippen LogP contribution in [-0.4, -0.2) is 28.0 Å². The van der Waals surface area contributed by atoms with Crippen LogP contribution in [0.15, 0.2) is 43.0 Å². The molecule has 0 saturated heterocycles. The molecule has 0 fully saturated rings. The van der Waals surface area contributed by atoms with Gasteiger partial charge >= 0.3 is 6.18 Å². The van der Waals surface area contributed by atoms with Crippen LogP contribution in [0.4, 0.5) is 18.9 Å². The van der Waals surface area contributed by atoms with Gasteiger partial charge in [-0.05, 0) is 32.0 Å². The molecule has 5 nitrogen and oxygen atoms in total. The van der Waals surface area contributed by atoms with E-state index in [1.165, 1.54) is 18.2 Å². The van der Waals surface area contributed by atoms with Gasteiger partial charge in [0.25, 0.3) is 0 Å². The third-order valence-corrected chi connectivity index (χ3v) is 3.64. The monoisotopic (exact) mass is 354 g/mol. The molecule has 2 aromatic rings. The van der Waals surface area contributed by atoms with Crippen molar-refractivity contribution in [2.75, 3.05) is 11.9 Å². The zero-order valence-electron chi connectivity index (χ0n) is 13.9. The van der Waals surface area contributed by atoms with Crippen molar-refractivity contribution in [3.8, 4) is 0 Å². The summed E-state index contributed by atoms with van der Waals surface area (Å²) in [4.78, 5) is 15.9. The normalized spacial score (nSPS) is 12.8. The van der Waals surface area contributed by atoms with Gasteiger partial charge in [0.1, 0.15) is 0 Å². The summed E-state index contributed by atoms with van der Waals surface area (Å²) in [7, 11) is 0. The van der Waals surface area contributed by atoms with E-state index in [0.29, 0.717) is 6.54 Å². The average molecular weight is 354 g/mol. The summed E-state index contributed by atoms with van der Waals surface area (Å²) in [5, 5.41) is 5.54. The third kappa shape index (κ3) is 6.22. The van der Waals surface area contributed by atoms with Crippen LogP contribution in [0.3, 0.4) is 0 Å². The van der Waals surface area contributed by atoms with E-state index < -0.39 is 17.6 Å². The molecule has 0 aliphatic heterocycles. The maximum Gasteiger partial charge on any atom is 0.418 e. The van der Waals surface area contributed by atoms with E-state index >= 15 is 0 Å². The Morgan fingerprint density at radius 3 is 2.76 bits per heavy atom. The third-order valence-electron chi connectivity index (χ3n) is 3.64. The number of aryl methyl sites for hydroxylation is 1. The number of halogens is 3. The van der Waals surface area contributed by atoms with Crippen LogP contribution >= 0.6 is 0 Å². The van der Waals surface area contributed by atoms with Gasteiger partial charge in [0, 0.05) is 31.4 Å². The molecule has 1 heterocycles. The topological polar surface area (TPSA) is 59.0 Å². The number of benzene rings is 1. The molecule has 0 aliphatic rings. The molecular formula is C17H21F3N4O. The summed E-state index contributed by atoms with van der Waals surface area (Å²) in [6.07, 6.45) is 1.76. The summed E-state index contributed by atoms with van der Waals surface area (Å²) < 4.78 is 40.7. The van der Waals surface area contributed by atoms with E-state index in [2.05, 4.69) is 15.6 Å². The molecule has 8 heteroatoms. The number of amides is 1. The molecule has 1 aromatic carbocycles. The predicted molar refractivity (Wildman–Crippen MR) is 89.0 cm³/mol. The number of nitrogens with one attached hydrogen (secondary N) is 2. The number of aromatic nitrogens is 2. The van der Waals surface area contributed by atoms with Crippen LogP contribution in [0.5, 0.6) is 0 Å². The predicted octanol–water partition coefficient (Wildman–Crippen LogP) is 3.30. The maximum absolute atomic E-state index is 12.9. The van der Waals surface area contributed by atoms with Crippen molar-refractivity contribution in [1.82, 2.24) is 14.9 Å². The minimum absolute atomic E-state index is 0.0945. The van der Waals surface area contributed by atoms with Gasteiger partial charge in [-0.25, -0.2) is 4.98 Å². The summed E-state index contributed by atoms with van der Waals surface area (Å²) in [6.45, 7) is 3.34. The van der Waals surface area contributed by atoms with Crippen molar-refractivity contribution in [2.45, 2.75) is 38.5 Å². The van der Waals surface area contributed by atoms with Crippen LogP contribution < -0.4 is 10.6 Å². The van der Waals surface area contributed by atoms with E-state index in [4.69, 9.17) is 0 Å². The number of carbonyl (C=O) groups is 1. The second kappa shape index (κ2) is 8.66. The minimum atomic E-state index is -4.50. The molecule has 1 atom stereocenters. The molecule has 0 aliphatic carbocycles. The van der Waals surface area contributed by atoms with Gasteiger partial charge in [-0.3, -0.25) is 4.79 Å². The number of para-hydroxylation sites is 1. The lowest BCUT2D eigenvalue weighted by Gasteiger charge is -2.16. The highest BCUT2D eigenvalue weighted by atomic mass is 19.4. The molecule has 0 spiro atoms. The molecule has 0 saturated carbocycles. The molecule has 1 aromatic heterocycles. The Balaban J connectivity index is 1.76. The van der Waals surface area contributed by atoms with Gasteiger partial charge in [-0.15, -0.1) is 0 Å². The largest absolute Gasteiger partial charge is 0.418 e. The van der Waals surface area contributed by atoms with Crippen LogP contribution in [-0.2, 0) is 17.5 Å². The Hall–Kier alpha value is -2.35. The van der Waals surface area contributed by atoms with E-state index in [9.17, 15) is 18.0 Å². The molecule has 136 valence electrons. The molecule has 1 amide bonds. The summed E-state index contributed by atoms with van der Waals surface area (Å²) >= 11 is 0. The lowest BCUT2D eigenvalue weighted by atomic mass is 10.1. The van der Waals surface area contributed by atoms with Crippen molar-refractivity contribution in [2.24, 2.45) is 0 Å². The Bertz CT molecular complexity index is 671. The maximum atomic E-state index is 12.9. The van der Waals surface area contributed by atoms with Gasteiger partial charge in [0.15, 0.2) is 0 Å². The number of rotatable bonds is 8. The quantitative estimate of drug-likeness (QED) is 0.715. The Kier molecular flexibility index (Phi) is 6.58. The molecule has 25 heavy (non-hydrogen) atoms. The minimum Gasteiger partial charge on any atom is -0.337 e. The lowest BCUT2D eigenvalue weighted by Crippen LogP contribution is -2.32. The fourth-order valence-electron chi connectivity index (χ4n) is 2.42. The van der Waals surface area contributed by atoms with Crippen LogP contribution in [0, 0.1) is 0 Å². The second-order valence-electron chi connectivity index (χ2n) is 5.80. The fourth-order valence-corrected chi connectivity index (χ4v) is 2.42. The number of carbonyl (C=O) groups excluding carboxylic acids is 1. The standard InChI is InChI=1S/C17H21F3N4O/c1-13(22-7-4-9-24-10-8-21-12-24)11-16(25)23-15-6-3-2-5-14(15)17(18,19)20/h2-3,5-6,8,10,12-13,22H,4,7,9,11H2,1H3,(H,23,25). The first-order chi connectivity index (χ1) is 11.9. The van der Waals surface area contributed by atoms with Crippen molar-refractivity contribution >= 4 is 11.6 Å². The molecule has 2 N–H and O–H groups in total. The highest BCUT2D eigenvalue weighted by Crippen LogP contribution is 2.34. The number of anilines is 1. The molecule has 1 unspecified atom stereocenters. The van der Waals surface area contributed by atoms with Crippen molar-refractivity contribution in [1.29, 1.82) is 0 Å². The Morgan fingerprint density at radius 2 is 2.08 bits per heavy atom. The smallest absolute Gasteiger partial charge is 0.337 e. The van der Waals surface area contributed by atoms with Gasteiger partial charge < -0.3 is 15.2 Å². The van der Waals surface area contributed by atoms with Gasteiger partial charge in [-0.2, -0.15) is 13.2 Å². The zero-order chi connectivity index (χ0) is 18.3. The van der Waals surface area contributed by atoms with E-state index in [1.807, 2.05) is 17.7 Å². The average Bonchev–Trinajstić information content (AvgIpc) is 3.04. The van der Waals surface area contributed by atoms with Gasteiger partial charge in [0.2, 0.25) is 5.91 Å². The number of nitrogens with zero attached hydrogens (tertiary/aromatic N) is 2. The molecular weight excluding hydrogens is 333 g/mol. The summed E-state index contributed by atoms with van der Waals surface area (Å²) in [5.41, 5.74) is -1.06.